The molecule has 1 aromatic rings. The zero-order valence-corrected chi connectivity index (χ0v) is 12.6. The van der Waals surface area contributed by atoms with E-state index in [2.05, 4.69) is 36.7 Å². The molecule has 0 N–H and O–H groups in total. The SMILES string of the molecule is CC(C)C(CCCOc1ccccc1)C(C)Br. The fourth-order valence-electron chi connectivity index (χ4n) is 2.12. The lowest BCUT2D eigenvalue weighted by molar-refractivity contribution is 0.272. The Balaban J connectivity index is 2.23. The first-order chi connectivity index (χ1) is 8.11. The van der Waals surface area contributed by atoms with Crippen LogP contribution >= 0.6 is 15.9 Å². The fourth-order valence-corrected chi connectivity index (χ4v) is 2.99. The van der Waals surface area contributed by atoms with Crippen LogP contribution in [0.25, 0.3) is 0 Å². The average molecular weight is 299 g/mol. The standard InChI is InChI=1S/C15H23BrO/c1-12(2)15(13(3)16)10-7-11-17-14-8-5-4-6-9-14/h4-6,8-9,12-13,15H,7,10-11H2,1-3H3. The smallest absolute Gasteiger partial charge is 0.119 e. The molecule has 0 aliphatic carbocycles. The zero-order valence-electron chi connectivity index (χ0n) is 11.0. The van der Waals surface area contributed by atoms with E-state index in [0.717, 1.165) is 30.6 Å². The van der Waals surface area contributed by atoms with Crippen molar-refractivity contribution in [3.63, 3.8) is 0 Å². The molecule has 0 aliphatic heterocycles. The van der Waals surface area contributed by atoms with Gasteiger partial charge in [-0.05, 0) is 36.8 Å². The van der Waals surface area contributed by atoms with Gasteiger partial charge < -0.3 is 4.74 Å². The summed E-state index contributed by atoms with van der Waals surface area (Å²) in [6.07, 6.45) is 2.34. The van der Waals surface area contributed by atoms with Gasteiger partial charge in [-0.1, -0.05) is 54.9 Å². The monoisotopic (exact) mass is 298 g/mol. The van der Waals surface area contributed by atoms with Crippen LogP contribution in [0.15, 0.2) is 30.3 Å². The van der Waals surface area contributed by atoms with Crippen molar-refractivity contribution >= 4 is 15.9 Å². The summed E-state index contributed by atoms with van der Waals surface area (Å²) in [7, 11) is 0. The van der Waals surface area contributed by atoms with Crippen LogP contribution in [0.2, 0.25) is 0 Å². The maximum atomic E-state index is 5.70. The molecule has 17 heavy (non-hydrogen) atoms. The molecule has 0 saturated carbocycles. The predicted octanol–water partition coefficient (Wildman–Crippen LogP) is 4.90. The highest BCUT2D eigenvalue weighted by atomic mass is 79.9. The lowest BCUT2D eigenvalue weighted by Crippen LogP contribution is -2.18. The molecule has 0 radical (unpaired) electrons. The molecule has 0 fully saturated rings. The molecule has 0 heterocycles. The number of para-hydroxylation sites is 1. The van der Waals surface area contributed by atoms with Gasteiger partial charge in [0.15, 0.2) is 0 Å². The first-order valence-corrected chi connectivity index (χ1v) is 7.34. The van der Waals surface area contributed by atoms with Gasteiger partial charge in [0.1, 0.15) is 5.75 Å². The van der Waals surface area contributed by atoms with Gasteiger partial charge in [-0.2, -0.15) is 0 Å². The molecule has 0 amide bonds. The van der Waals surface area contributed by atoms with Crippen molar-refractivity contribution in [2.24, 2.45) is 11.8 Å². The molecule has 96 valence electrons. The van der Waals surface area contributed by atoms with Crippen LogP contribution in [0.1, 0.15) is 33.6 Å². The molecule has 2 unspecified atom stereocenters. The maximum absolute atomic E-state index is 5.70. The Morgan fingerprint density at radius 2 is 1.76 bits per heavy atom. The highest BCUT2D eigenvalue weighted by Crippen LogP contribution is 2.26. The summed E-state index contributed by atoms with van der Waals surface area (Å²) in [6.45, 7) is 7.64. The average Bonchev–Trinajstić information content (AvgIpc) is 2.29. The topological polar surface area (TPSA) is 9.23 Å². The van der Waals surface area contributed by atoms with E-state index in [1.807, 2.05) is 30.3 Å². The highest BCUT2D eigenvalue weighted by molar-refractivity contribution is 9.09. The van der Waals surface area contributed by atoms with Crippen LogP contribution in [-0.2, 0) is 0 Å². The Kier molecular flexibility index (Phi) is 6.64. The minimum absolute atomic E-state index is 0.583. The van der Waals surface area contributed by atoms with Crippen molar-refractivity contribution in [3.05, 3.63) is 30.3 Å². The van der Waals surface area contributed by atoms with Crippen molar-refractivity contribution in [1.29, 1.82) is 0 Å². The van der Waals surface area contributed by atoms with Gasteiger partial charge in [-0.25, -0.2) is 0 Å². The van der Waals surface area contributed by atoms with Gasteiger partial charge in [-0.3, -0.25) is 0 Å². The van der Waals surface area contributed by atoms with E-state index in [9.17, 15) is 0 Å². The Hall–Kier alpha value is -0.500. The Morgan fingerprint density at radius 3 is 2.29 bits per heavy atom. The summed E-state index contributed by atoms with van der Waals surface area (Å²) in [5, 5.41) is 0. The highest BCUT2D eigenvalue weighted by Gasteiger charge is 2.17. The molecular weight excluding hydrogens is 276 g/mol. The third-order valence-electron chi connectivity index (χ3n) is 3.14. The Bertz CT molecular complexity index is 287. The lowest BCUT2D eigenvalue weighted by atomic mass is 9.89. The van der Waals surface area contributed by atoms with Crippen LogP contribution in [0.5, 0.6) is 5.75 Å². The first-order valence-electron chi connectivity index (χ1n) is 6.43. The second-order valence-corrected chi connectivity index (χ2v) is 6.33. The summed E-state index contributed by atoms with van der Waals surface area (Å²) >= 11 is 3.70. The van der Waals surface area contributed by atoms with E-state index in [4.69, 9.17) is 4.74 Å². The van der Waals surface area contributed by atoms with Crippen molar-refractivity contribution in [2.75, 3.05) is 6.61 Å². The summed E-state index contributed by atoms with van der Waals surface area (Å²) in [6, 6.07) is 10.0. The number of ether oxygens (including phenoxy) is 1. The summed E-state index contributed by atoms with van der Waals surface area (Å²) in [5.74, 6) is 2.43. The predicted molar refractivity (Wildman–Crippen MR) is 77.9 cm³/mol. The van der Waals surface area contributed by atoms with Crippen molar-refractivity contribution in [2.45, 2.75) is 38.4 Å². The number of halogens is 1. The van der Waals surface area contributed by atoms with Gasteiger partial charge in [0, 0.05) is 4.83 Å². The first kappa shape index (κ1) is 14.6. The van der Waals surface area contributed by atoms with Gasteiger partial charge >= 0.3 is 0 Å². The Morgan fingerprint density at radius 1 is 1.12 bits per heavy atom. The summed E-state index contributed by atoms with van der Waals surface area (Å²) < 4.78 is 5.70. The van der Waals surface area contributed by atoms with E-state index in [-0.39, 0.29) is 0 Å². The normalized spacial score (nSPS) is 14.6. The van der Waals surface area contributed by atoms with Crippen LogP contribution in [0, 0.1) is 11.8 Å². The van der Waals surface area contributed by atoms with Gasteiger partial charge in [-0.15, -0.1) is 0 Å². The van der Waals surface area contributed by atoms with Crippen LogP contribution in [-0.4, -0.2) is 11.4 Å². The van der Waals surface area contributed by atoms with Gasteiger partial charge in [0.2, 0.25) is 0 Å². The largest absolute Gasteiger partial charge is 0.494 e. The quantitative estimate of drug-likeness (QED) is 0.514. The van der Waals surface area contributed by atoms with E-state index in [0.29, 0.717) is 4.83 Å². The number of hydrogen-bond donors (Lipinski definition) is 0. The second kappa shape index (κ2) is 7.75. The number of rotatable bonds is 7. The second-order valence-electron chi connectivity index (χ2n) is 4.89. The molecule has 0 aromatic heterocycles. The fraction of sp³-hybridized carbons (Fsp3) is 0.600. The van der Waals surface area contributed by atoms with Crippen molar-refractivity contribution in [1.82, 2.24) is 0 Å². The van der Waals surface area contributed by atoms with Gasteiger partial charge in [0.25, 0.3) is 0 Å². The van der Waals surface area contributed by atoms with E-state index >= 15 is 0 Å². The molecular formula is C15H23BrO. The van der Waals surface area contributed by atoms with Crippen LogP contribution < -0.4 is 4.74 Å². The van der Waals surface area contributed by atoms with E-state index < -0.39 is 0 Å². The minimum Gasteiger partial charge on any atom is -0.494 e. The van der Waals surface area contributed by atoms with Crippen LogP contribution in [0.3, 0.4) is 0 Å². The number of hydrogen-bond acceptors (Lipinski definition) is 1. The van der Waals surface area contributed by atoms with E-state index in [1.165, 1.54) is 6.42 Å². The molecule has 0 saturated heterocycles. The lowest BCUT2D eigenvalue weighted by Gasteiger charge is -2.23. The van der Waals surface area contributed by atoms with Crippen LogP contribution in [0.4, 0.5) is 0 Å². The molecule has 1 aromatic carbocycles. The summed E-state index contributed by atoms with van der Waals surface area (Å²) in [5.41, 5.74) is 0. The molecule has 1 nitrogen and oxygen atoms in total. The summed E-state index contributed by atoms with van der Waals surface area (Å²) in [4.78, 5) is 0.583. The Labute approximate surface area is 114 Å². The zero-order chi connectivity index (χ0) is 12.7. The van der Waals surface area contributed by atoms with E-state index in [1.54, 1.807) is 0 Å². The molecule has 2 heteroatoms. The molecule has 0 aliphatic rings. The maximum Gasteiger partial charge on any atom is 0.119 e. The number of benzene rings is 1. The molecule has 2 atom stereocenters. The molecule has 1 rings (SSSR count). The number of alkyl halides is 1. The van der Waals surface area contributed by atoms with Crippen molar-refractivity contribution < 1.29 is 4.74 Å². The molecule has 0 spiro atoms. The van der Waals surface area contributed by atoms with Crippen molar-refractivity contribution in [3.8, 4) is 5.75 Å². The molecule has 0 bridgehead atoms. The van der Waals surface area contributed by atoms with Gasteiger partial charge in [0.05, 0.1) is 6.61 Å². The minimum atomic E-state index is 0.583. The third kappa shape index (κ3) is 5.58. The third-order valence-corrected chi connectivity index (χ3v) is 3.82.